The van der Waals surface area contributed by atoms with Gasteiger partial charge in [0.1, 0.15) is 0 Å². The number of benzene rings is 2. The molecule has 28 heavy (non-hydrogen) atoms. The first kappa shape index (κ1) is 21.2. The number of hydrogen-bond acceptors (Lipinski definition) is 3. The fourth-order valence-electron chi connectivity index (χ4n) is 3.97. The average Bonchev–Trinajstić information content (AvgIpc) is 2.72. The highest BCUT2D eigenvalue weighted by atomic mass is 35.5. The second-order valence-corrected chi connectivity index (χ2v) is 8.33. The van der Waals surface area contributed by atoms with Crippen molar-refractivity contribution in [3.05, 3.63) is 69.7 Å². The van der Waals surface area contributed by atoms with Crippen LogP contribution in [0.2, 0.25) is 10.0 Å². The van der Waals surface area contributed by atoms with Crippen molar-refractivity contribution in [1.29, 1.82) is 0 Å². The molecule has 1 aliphatic heterocycles. The molecule has 0 N–H and O–H groups in total. The monoisotopic (exact) mass is 419 g/mol. The van der Waals surface area contributed by atoms with Crippen molar-refractivity contribution >= 4 is 29.2 Å². The summed E-state index contributed by atoms with van der Waals surface area (Å²) in [5, 5.41) is 0.962. The Morgan fingerprint density at radius 3 is 2.46 bits per heavy atom. The van der Waals surface area contributed by atoms with Gasteiger partial charge in [-0.25, -0.2) is 0 Å². The van der Waals surface area contributed by atoms with Crippen LogP contribution < -0.4 is 0 Å². The van der Waals surface area contributed by atoms with Crippen LogP contribution in [0.5, 0.6) is 0 Å². The number of carbonyl (C=O) groups excluding carboxylic acids is 1. The Hall–Kier alpha value is -1.55. The minimum absolute atomic E-state index is 0.225. The van der Waals surface area contributed by atoms with E-state index in [0.717, 1.165) is 37.5 Å². The van der Waals surface area contributed by atoms with Crippen LogP contribution in [-0.4, -0.2) is 37.6 Å². The van der Waals surface area contributed by atoms with Crippen LogP contribution in [0, 0.1) is 5.92 Å². The summed E-state index contributed by atoms with van der Waals surface area (Å²) in [6.07, 6.45) is 4.27. The lowest BCUT2D eigenvalue weighted by Crippen LogP contribution is -2.36. The van der Waals surface area contributed by atoms with Gasteiger partial charge >= 0.3 is 5.97 Å². The molecule has 1 unspecified atom stereocenters. The summed E-state index contributed by atoms with van der Waals surface area (Å²) in [7, 11) is 1.43. The van der Waals surface area contributed by atoms with Gasteiger partial charge in [0.15, 0.2) is 0 Å². The largest absolute Gasteiger partial charge is 0.469 e. The molecule has 2 aromatic rings. The standard InChI is InChI=1S/C23H27Cl2NO2/c1-28-23(27)20(19-7-8-21(24)22(25)16-19)11-14-26-12-9-18(10-13-26)15-17-5-3-2-4-6-17/h2-8,16,18,20H,9-15H2,1H3. The summed E-state index contributed by atoms with van der Waals surface area (Å²) >= 11 is 12.2. The van der Waals surface area contributed by atoms with Gasteiger partial charge in [-0.1, -0.05) is 59.6 Å². The molecule has 0 saturated carbocycles. The van der Waals surface area contributed by atoms with Gasteiger partial charge in [-0.15, -0.1) is 0 Å². The Morgan fingerprint density at radius 1 is 1.11 bits per heavy atom. The quantitative estimate of drug-likeness (QED) is 0.547. The van der Waals surface area contributed by atoms with Crippen LogP contribution in [0.4, 0.5) is 0 Å². The number of halogens is 2. The first-order valence-electron chi connectivity index (χ1n) is 9.86. The van der Waals surface area contributed by atoms with Crippen molar-refractivity contribution in [3.8, 4) is 0 Å². The SMILES string of the molecule is COC(=O)C(CCN1CCC(Cc2ccccc2)CC1)c1ccc(Cl)c(Cl)c1. The lowest BCUT2D eigenvalue weighted by Gasteiger charge is -2.32. The number of likely N-dealkylation sites (tertiary alicyclic amines) is 1. The highest BCUT2D eigenvalue weighted by Gasteiger charge is 2.25. The molecule has 3 nitrogen and oxygen atoms in total. The predicted octanol–water partition coefficient (Wildman–Crippen LogP) is 5.59. The number of piperidine rings is 1. The predicted molar refractivity (Wildman–Crippen MR) is 115 cm³/mol. The first-order valence-corrected chi connectivity index (χ1v) is 10.6. The summed E-state index contributed by atoms with van der Waals surface area (Å²) in [5.41, 5.74) is 2.28. The molecule has 0 aliphatic carbocycles. The van der Waals surface area contributed by atoms with E-state index in [4.69, 9.17) is 27.9 Å². The van der Waals surface area contributed by atoms with Crippen LogP contribution >= 0.6 is 23.2 Å². The van der Waals surface area contributed by atoms with Gasteiger partial charge in [0.25, 0.3) is 0 Å². The first-order chi connectivity index (χ1) is 13.6. The molecule has 0 spiro atoms. The van der Waals surface area contributed by atoms with Gasteiger partial charge in [-0.05, 0) is 74.5 Å². The summed E-state index contributed by atoms with van der Waals surface area (Å²) < 4.78 is 5.03. The van der Waals surface area contributed by atoms with Gasteiger partial charge in [0, 0.05) is 0 Å². The molecule has 150 valence electrons. The zero-order chi connectivity index (χ0) is 19.9. The number of carbonyl (C=O) groups is 1. The summed E-state index contributed by atoms with van der Waals surface area (Å²) in [6, 6.07) is 16.1. The molecule has 2 aromatic carbocycles. The number of hydrogen-bond donors (Lipinski definition) is 0. The van der Waals surface area contributed by atoms with Gasteiger partial charge in [-0.2, -0.15) is 0 Å². The van der Waals surface area contributed by atoms with Crippen LogP contribution in [0.3, 0.4) is 0 Å². The van der Waals surface area contributed by atoms with Gasteiger partial charge in [0.2, 0.25) is 0 Å². The third-order valence-corrected chi connectivity index (χ3v) is 6.38. The molecule has 1 aliphatic rings. The average molecular weight is 420 g/mol. The Kier molecular flexibility index (Phi) is 7.78. The lowest BCUT2D eigenvalue weighted by atomic mass is 9.89. The third kappa shape index (κ3) is 5.73. The van der Waals surface area contributed by atoms with Gasteiger partial charge in [-0.3, -0.25) is 4.79 Å². The zero-order valence-electron chi connectivity index (χ0n) is 16.2. The minimum Gasteiger partial charge on any atom is -0.469 e. The van der Waals surface area contributed by atoms with Crippen molar-refractivity contribution < 1.29 is 9.53 Å². The number of methoxy groups -OCH3 is 1. The van der Waals surface area contributed by atoms with Crippen LogP contribution in [0.1, 0.15) is 36.3 Å². The van der Waals surface area contributed by atoms with E-state index in [1.165, 1.54) is 25.5 Å². The lowest BCUT2D eigenvalue weighted by molar-refractivity contribution is -0.142. The summed E-state index contributed by atoms with van der Waals surface area (Å²) in [4.78, 5) is 14.8. The van der Waals surface area contributed by atoms with Crippen LogP contribution in [0.15, 0.2) is 48.5 Å². The fraction of sp³-hybridized carbons (Fsp3) is 0.435. The molecule has 1 heterocycles. The van der Waals surface area contributed by atoms with Crippen molar-refractivity contribution in [2.24, 2.45) is 5.92 Å². The number of ether oxygens (including phenoxy) is 1. The number of esters is 1. The molecule has 0 amide bonds. The molecule has 3 rings (SSSR count). The molecule has 0 radical (unpaired) electrons. The van der Waals surface area contributed by atoms with E-state index in [0.29, 0.717) is 16.5 Å². The topological polar surface area (TPSA) is 29.5 Å². The van der Waals surface area contributed by atoms with E-state index in [2.05, 4.69) is 35.2 Å². The maximum Gasteiger partial charge on any atom is 0.313 e. The second-order valence-electron chi connectivity index (χ2n) is 7.51. The fourth-order valence-corrected chi connectivity index (χ4v) is 4.27. The maximum atomic E-state index is 12.3. The Labute approximate surface area is 177 Å². The van der Waals surface area contributed by atoms with Crippen molar-refractivity contribution in [2.75, 3.05) is 26.7 Å². The van der Waals surface area contributed by atoms with Crippen molar-refractivity contribution in [1.82, 2.24) is 4.90 Å². The van der Waals surface area contributed by atoms with E-state index in [1.54, 1.807) is 12.1 Å². The molecule has 1 atom stereocenters. The van der Waals surface area contributed by atoms with Gasteiger partial charge < -0.3 is 9.64 Å². The van der Waals surface area contributed by atoms with E-state index in [-0.39, 0.29) is 11.9 Å². The number of rotatable bonds is 7. The summed E-state index contributed by atoms with van der Waals surface area (Å²) in [6.45, 7) is 3.03. The molecule has 5 heteroatoms. The molecule has 0 aromatic heterocycles. The normalized spacial score (nSPS) is 16.7. The Balaban J connectivity index is 1.53. The van der Waals surface area contributed by atoms with E-state index in [1.807, 2.05) is 6.07 Å². The maximum absolute atomic E-state index is 12.3. The van der Waals surface area contributed by atoms with Crippen molar-refractivity contribution in [2.45, 2.75) is 31.6 Å². The number of nitrogens with zero attached hydrogens (tertiary/aromatic N) is 1. The van der Waals surface area contributed by atoms with E-state index < -0.39 is 0 Å². The Morgan fingerprint density at radius 2 is 1.82 bits per heavy atom. The smallest absolute Gasteiger partial charge is 0.313 e. The Bertz CT molecular complexity index is 773. The van der Waals surface area contributed by atoms with Gasteiger partial charge in [0.05, 0.1) is 23.1 Å². The summed E-state index contributed by atoms with van der Waals surface area (Å²) in [5.74, 6) is 0.198. The van der Waals surface area contributed by atoms with Crippen molar-refractivity contribution in [3.63, 3.8) is 0 Å². The third-order valence-electron chi connectivity index (χ3n) is 5.64. The molecular formula is C23H27Cl2NO2. The van der Waals surface area contributed by atoms with Crippen LogP contribution in [0.25, 0.3) is 0 Å². The van der Waals surface area contributed by atoms with E-state index in [9.17, 15) is 4.79 Å². The highest BCUT2D eigenvalue weighted by molar-refractivity contribution is 6.42. The minimum atomic E-state index is -0.318. The molecule has 1 fully saturated rings. The molecule has 0 bridgehead atoms. The zero-order valence-corrected chi connectivity index (χ0v) is 17.8. The second kappa shape index (κ2) is 10.3. The van der Waals surface area contributed by atoms with E-state index >= 15 is 0 Å². The highest BCUT2D eigenvalue weighted by Crippen LogP contribution is 2.30. The van der Waals surface area contributed by atoms with Crippen LogP contribution in [-0.2, 0) is 16.0 Å². The molecular weight excluding hydrogens is 393 g/mol. The molecule has 1 saturated heterocycles.